The second kappa shape index (κ2) is 23.6. The summed E-state index contributed by atoms with van der Waals surface area (Å²) in [6.45, 7) is 9.35. The average molecular weight is 952 g/mol. The predicted octanol–water partition coefficient (Wildman–Crippen LogP) is 8.13. The number of aliphatic hydroxyl groups is 2. The second-order valence-electron chi connectivity index (χ2n) is 18.8. The number of ether oxygens (including phenoxy) is 8. The number of aliphatic hydroxyl groups excluding tert-OH is 2. The summed E-state index contributed by atoms with van der Waals surface area (Å²) in [7, 11) is 0. The van der Waals surface area contributed by atoms with E-state index in [-0.39, 0.29) is 70.5 Å². The summed E-state index contributed by atoms with van der Waals surface area (Å²) >= 11 is 0. The molecule has 9 rings (SSSR count). The molecule has 3 fully saturated rings. The normalized spacial score (nSPS) is 26.0. The fourth-order valence-electron chi connectivity index (χ4n) is 10.8. The molecule has 69 heavy (non-hydrogen) atoms. The number of rotatable bonds is 25. The number of unbranched alkanes of at least 4 members (excludes halogenated alkanes) is 2. The number of amides is 1. The number of carbonyl (C=O) groups excluding carboxylic acids is 1. The quantitative estimate of drug-likeness (QED) is 0.0363. The molecule has 15 heteroatoms. The molecule has 0 bridgehead atoms. The highest BCUT2D eigenvalue weighted by Crippen LogP contribution is 2.62. The van der Waals surface area contributed by atoms with Gasteiger partial charge in [0.2, 0.25) is 18.9 Å². The van der Waals surface area contributed by atoms with Gasteiger partial charge < -0.3 is 52.9 Å². The molecule has 0 aromatic heterocycles. The lowest BCUT2D eigenvalue weighted by Crippen LogP contribution is -2.70. The van der Waals surface area contributed by atoms with Gasteiger partial charge in [0.1, 0.15) is 30.8 Å². The van der Waals surface area contributed by atoms with Crippen molar-refractivity contribution in [1.82, 2.24) is 9.80 Å². The highest BCUT2D eigenvalue weighted by molar-refractivity contribution is 6.03. The van der Waals surface area contributed by atoms with Crippen molar-refractivity contribution in [3.8, 4) is 23.0 Å². The summed E-state index contributed by atoms with van der Waals surface area (Å²) in [5.74, 6) is 0.497. The van der Waals surface area contributed by atoms with Crippen LogP contribution in [-0.2, 0) is 36.9 Å². The maximum atomic E-state index is 15.1. The van der Waals surface area contributed by atoms with E-state index in [1.165, 1.54) is 0 Å². The van der Waals surface area contributed by atoms with Crippen LogP contribution in [-0.4, -0.2) is 123 Å². The molecule has 0 radical (unpaired) electrons. The van der Waals surface area contributed by atoms with Crippen molar-refractivity contribution in [2.75, 3.05) is 72.7 Å². The SMILES string of the molecule is C=CCOC12Oc3ccc(OCCN4CC4)cc3C3C(CCCCO)C(CCCCO)C=C(C(=NOC4CCCCO4)CC1N(Cc1ccc4c(c1)OCO4)C(=O)OCCOCc1ccccc1)C32. The first-order valence-corrected chi connectivity index (χ1v) is 25.1. The van der Waals surface area contributed by atoms with E-state index in [1.807, 2.05) is 60.7 Å². The minimum absolute atomic E-state index is 0.00347. The van der Waals surface area contributed by atoms with E-state index in [0.29, 0.717) is 62.0 Å². The summed E-state index contributed by atoms with van der Waals surface area (Å²) < 4.78 is 50.9. The molecule has 4 heterocycles. The molecule has 1 amide bonds. The minimum Gasteiger partial charge on any atom is -0.492 e. The van der Waals surface area contributed by atoms with Crippen molar-refractivity contribution < 1.29 is 57.7 Å². The van der Waals surface area contributed by atoms with Gasteiger partial charge in [-0.3, -0.25) is 9.80 Å². The van der Waals surface area contributed by atoms with E-state index in [2.05, 4.69) is 23.6 Å². The second-order valence-corrected chi connectivity index (χ2v) is 18.8. The van der Waals surface area contributed by atoms with Gasteiger partial charge in [-0.2, -0.15) is 0 Å². The summed E-state index contributed by atoms with van der Waals surface area (Å²) in [5, 5.41) is 25.1. The van der Waals surface area contributed by atoms with Crippen LogP contribution in [0, 0.1) is 17.8 Å². The first-order chi connectivity index (χ1) is 34.0. The molecule has 4 aliphatic heterocycles. The summed E-state index contributed by atoms with van der Waals surface area (Å²) in [6, 6.07) is 20.8. The Bertz CT molecular complexity index is 2230. The maximum absolute atomic E-state index is 15.1. The zero-order valence-corrected chi connectivity index (χ0v) is 39.8. The fourth-order valence-corrected chi connectivity index (χ4v) is 10.8. The smallest absolute Gasteiger partial charge is 0.410 e. The van der Waals surface area contributed by atoms with Crippen LogP contribution in [0.2, 0.25) is 0 Å². The summed E-state index contributed by atoms with van der Waals surface area (Å²) in [6.07, 6.45) is 10.4. The van der Waals surface area contributed by atoms with Gasteiger partial charge in [-0.05, 0) is 97.4 Å². The van der Waals surface area contributed by atoms with E-state index in [9.17, 15) is 10.2 Å². The van der Waals surface area contributed by atoms with Gasteiger partial charge in [-0.1, -0.05) is 66.5 Å². The van der Waals surface area contributed by atoms with Crippen LogP contribution >= 0.6 is 0 Å². The number of allylic oxidation sites excluding steroid dienone is 1. The van der Waals surface area contributed by atoms with Crippen LogP contribution in [0.5, 0.6) is 23.0 Å². The molecule has 2 saturated heterocycles. The van der Waals surface area contributed by atoms with E-state index < -0.39 is 30.1 Å². The Balaban J connectivity index is 1.16. The van der Waals surface area contributed by atoms with Gasteiger partial charge in [0.25, 0.3) is 0 Å². The van der Waals surface area contributed by atoms with Gasteiger partial charge in [0, 0.05) is 63.7 Å². The van der Waals surface area contributed by atoms with Gasteiger partial charge >= 0.3 is 6.09 Å². The predicted molar refractivity (Wildman–Crippen MR) is 257 cm³/mol. The Morgan fingerprint density at radius 1 is 0.913 bits per heavy atom. The van der Waals surface area contributed by atoms with Gasteiger partial charge in [0.05, 0.1) is 38.1 Å². The number of hydrogen-bond donors (Lipinski definition) is 2. The third-order valence-corrected chi connectivity index (χ3v) is 14.2. The molecule has 2 N–H and O–H groups in total. The van der Waals surface area contributed by atoms with E-state index in [0.717, 1.165) is 86.2 Å². The molecule has 2 aliphatic carbocycles. The Labute approximate surface area is 405 Å². The van der Waals surface area contributed by atoms with Gasteiger partial charge in [0.15, 0.2) is 11.5 Å². The Morgan fingerprint density at radius 3 is 2.54 bits per heavy atom. The lowest BCUT2D eigenvalue weighted by molar-refractivity contribution is -0.256. The van der Waals surface area contributed by atoms with Crippen molar-refractivity contribution in [3.63, 3.8) is 0 Å². The number of benzene rings is 3. The molecular weight excluding hydrogens is 883 g/mol. The Morgan fingerprint density at radius 2 is 1.74 bits per heavy atom. The van der Waals surface area contributed by atoms with Crippen LogP contribution < -0.4 is 18.9 Å². The topological polar surface area (TPSA) is 159 Å². The number of hydrogen-bond acceptors (Lipinski definition) is 14. The van der Waals surface area contributed by atoms with Crippen molar-refractivity contribution in [2.24, 2.45) is 22.9 Å². The molecule has 1 saturated carbocycles. The number of oxime groups is 1. The lowest BCUT2D eigenvalue weighted by Gasteiger charge is -2.60. The summed E-state index contributed by atoms with van der Waals surface area (Å²) in [4.78, 5) is 25.5. The largest absolute Gasteiger partial charge is 0.492 e. The van der Waals surface area contributed by atoms with E-state index >= 15 is 4.79 Å². The highest BCUT2D eigenvalue weighted by atomic mass is 16.8. The first-order valence-electron chi connectivity index (χ1n) is 25.1. The van der Waals surface area contributed by atoms with Crippen LogP contribution in [0.4, 0.5) is 4.79 Å². The maximum Gasteiger partial charge on any atom is 0.410 e. The molecular formula is C54H69N3O12. The van der Waals surface area contributed by atoms with Crippen molar-refractivity contribution in [2.45, 2.75) is 101 Å². The summed E-state index contributed by atoms with van der Waals surface area (Å²) in [5.41, 5.74) is 4.41. The van der Waals surface area contributed by atoms with Crippen LogP contribution in [0.25, 0.3) is 0 Å². The average Bonchev–Trinajstić information content (AvgIpc) is 4.09. The zero-order valence-electron chi connectivity index (χ0n) is 39.8. The zero-order chi connectivity index (χ0) is 47.4. The lowest BCUT2D eigenvalue weighted by atomic mass is 9.55. The molecule has 7 atom stereocenters. The van der Waals surface area contributed by atoms with Crippen LogP contribution in [0.3, 0.4) is 0 Å². The highest BCUT2D eigenvalue weighted by Gasteiger charge is 2.66. The van der Waals surface area contributed by atoms with Gasteiger partial charge in [-0.15, -0.1) is 6.58 Å². The van der Waals surface area contributed by atoms with Gasteiger partial charge in [-0.25, -0.2) is 4.79 Å². The van der Waals surface area contributed by atoms with Crippen LogP contribution in [0.15, 0.2) is 96.2 Å². The molecule has 3 aromatic rings. The monoisotopic (exact) mass is 951 g/mol. The Hall–Kier alpha value is -5.16. The van der Waals surface area contributed by atoms with Crippen molar-refractivity contribution in [1.29, 1.82) is 0 Å². The van der Waals surface area contributed by atoms with Crippen molar-refractivity contribution in [3.05, 3.63) is 108 Å². The molecule has 6 aliphatic rings. The number of nitrogens with zero attached hydrogens (tertiary/aromatic N) is 3. The molecule has 372 valence electrons. The molecule has 15 nitrogen and oxygen atoms in total. The van der Waals surface area contributed by atoms with E-state index in [1.54, 1.807) is 11.0 Å². The standard InChI is InChI=1S/C54H69N3O12/c1-2-26-67-54-49(57(35-39-17-19-47-48(31-39)66-37-65-47)53(60)64-30-29-61-36-38-12-4-3-5-13-38)34-45(55-69-50-16-8-11-27-63-50)43-32-40(14-6-9-24-58)42(15-7-10-25-59)51(52(43)54)44-33-41(18-20-46(44)68-54)62-28-23-56-21-22-56/h2-5,12-13,17-20,31-33,40,42,49-52,58-59H,1,6-11,14-16,21-30,34-37H2. The van der Waals surface area contributed by atoms with E-state index in [4.69, 9.17) is 47.9 Å². The first kappa shape index (κ1) is 48.8. The Kier molecular flexibility index (Phi) is 16.7. The van der Waals surface area contributed by atoms with Crippen molar-refractivity contribution >= 4 is 11.8 Å². The molecule has 0 spiro atoms. The third kappa shape index (κ3) is 11.7. The minimum atomic E-state index is -1.50. The number of carbonyl (C=O) groups is 1. The fraction of sp³-hybridized carbons (Fsp3) is 0.556. The molecule has 7 unspecified atom stereocenters. The molecule has 3 aromatic carbocycles. The van der Waals surface area contributed by atoms with Crippen LogP contribution in [0.1, 0.15) is 86.8 Å². The number of fused-ring (bicyclic) bond motifs is 3. The third-order valence-electron chi connectivity index (χ3n) is 14.2.